The highest BCUT2D eigenvalue weighted by atomic mass is 32.1. The average Bonchev–Trinajstić information content (AvgIpc) is 2.72. The van der Waals surface area contributed by atoms with Gasteiger partial charge >= 0.3 is 0 Å². The number of nitrogens with one attached hydrogen (secondary N) is 2. The van der Waals surface area contributed by atoms with E-state index in [1.165, 1.54) is 19.3 Å². The second-order valence-electron chi connectivity index (χ2n) is 3.73. The molecule has 0 saturated carbocycles. The maximum absolute atomic E-state index is 3.98. The molecule has 2 atom stereocenters. The first-order chi connectivity index (χ1) is 6.86. The molecule has 2 N–H and O–H groups in total. The summed E-state index contributed by atoms with van der Waals surface area (Å²) in [5.74, 6) is 0. The fourth-order valence-corrected chi connectivity index (χ4v) is 2.38. The fraction of sp³-hybridized carbons (Fsp3) is 0.778. The van der Waals surface area contributed by atoms with Crippen molar-refractivity contribution >= 4 is 16.5 Å². The molecule has 2 unspecified atom stereocenters. The summed E-state index contributed by atoms with van der Waals surface area (Å²) < 4.78 is 0. The van der Waals surface area contributed by atoms with Gasteiger partial charge in [-0.15, -0.1) is 10.2 Å². The smallest absolute Gasteiger partial charge is 0.205 e. The lowest BCUT2D eigenvalue weighted by Gasteiger charge is -2.29. The molecular formula is C9H16N4S. The molecule has 0 radical (unpaired) electrons. The van der Waals surface area contributed by atoms with Crippen molar-refractivity contribution in [3.63, 3.8) is 0 Å². The third kappa shape index (κ3) is 2.42. The molecule has 2 heterocycles. The van der Waals surface area contributed by atoms with Crippen LogP contribution in [0.1, 0.15) is 26.2 Å². The second-order valence-corrected chi connectivity index (χ2v) is 4.57. The summed E-state index contributed by atoms with van der Waals surface area (Å²) in [5, 5.41) is 15.6. The van der Waals surface area contributed by atoms with Gasteiger partial charge in [0, 0.05) is 12.1 Å². The number of nitrogens with zero attached hydrogens (tertiary/aromatic N) is 2. The van der Waals surface area contributed by atoms with Gasteiger partial charge in [-0.3, -0.25) is 0 Å². The summed E-state index contributed by atoms with van der Waals surface area (Å²) in [5.41, 5.74) is 1.75. The Balaban J connectivity index is 1.85. The molecule has 1 aromatic rings. The lowest BCUT2D eigenvalue weighted by molar-refractivity contribution is 0.372. The van der Waals surface area contributed by atoms with Crippen LogP contribution in [0.25, 0.3) is 0 Å². The van der Waals surface area contributed by atoms with Gasteiger partial charge in [-0.25, -0.2) is 0 Å². The molecule has 2 rings (SSSR count). The Kier molecular flexibility index (Phi) is 3.31. The van der Waals surface area contributed by atoms with Gasteiger partial charge in [0.2, 0.25) is 5.13 Å². The van der Waals surface area contributed by atoms with Crippen molar-refractivity contribution in [1.29, 1.82) is 0 Å². The Morgan fingerprint density at radius 3 is 3.21 bits per heavy atom. The number of aromatic nitrogens is 2. The molecular weight excluding hydrogens is 196 g/mol. The van der Waals surface area contributed by atoms with E-state index in [0.29, 0.717) is 12.1 Å². The van der Waals surface area contributed by atoms with E-state index in [9.17, 15) is 0 Å². The van der Waals surface area contributed by atoms with Crippen LogP contribution in [-0.2, 0) is 0 Å². The van der Waals surface area contributed by atoms with Crippen molar-refractivity contribution in [3.05, 3.63) is 5.51 Å². The van der Waals surface area contributed by atoms with E-state index in [-0.39, 0.29) is 0 Å². The molecule has 14 heavy (non-hydrogen) atoms. The quantitative estimate of drug-likeness (QED) is 0.797. The maximum atomic E-state index is 3.98. The van der Waals surface area contributed by atoms with E-state index >= 15 is 0 Å². The molecule has 5 heteroatoms. The number of anilines is 1. The van der Waals surface area contributed by atoms with Crippen LogP contribution in [0.4, 0.5) is 5.13 Å². The molecule has 0 bridgehead atoms. The zero-order valence-corrected chi connectivity index (χ0v) is 9.18. The van der Waals surface area contributed by atoms with Crippen LogP contribution in [0.5, 0.6) is 0 Å². The van der Waals surface area contributed by atoms with Crippen molar-refractivity contribution in [2.24, 2.45) is 0 Å². The van der Waals surface area contributed by atoms with Gasteiger partial charge in [-0.1, -0.05) is 17.8 Å². The predicted molar refractivity (Wildman–Crippen MR) is 58.6 cm³/mol. The van der Waals surface area contributed by atoms with Crippen molar-refractivity contribution in [2.75, 3.05) is 11.9 Å². The van der Waals surface area contributed by atoms with Gasteiger partial charge in [0.1, 0.15) is 5.51 Å². The van der Waals surface area contributed by atoms with Crippen molar-refractivity contribution < 1.29 is 0 Å². The van der Waals surface area contributed by atoms with Crippen molar-refractivity contribution in [3.8, 4) is 0 Å². The minimum absolute atomic E-state index is 0.434. The highest BCUT2D eigenvalue weighted by molar-refractivity contribution is 7.13. The summed E-state index contributed by atoms with van der Waals surface area (Å²) in [6.45, 7) is 3.34. The molecule has 0 aliphatic carbocycles. The Bertz CT molecular complexity index is 256. The SMILES string of the molecule is CC(Nc1nncs1)C1CCCCN1. The number of hydrogen-bond donors (Lipinski definition) is 2. The zero-order chi connectivity index (χ0) is 9.80. The van der Waals surface area contributed by atoms with Crippen molar-refractivity contribution in [1.82, 2.24) is 15.5 Å². The second kappa shape index (κ2) is 4.70. The Morgan fingerprint density at radius 2 is 2.57 bits per heavy atom. The first-order valence-corrected chi connectivity index (χ1v) is 6.00. The number of rotatable bonds is 3. The Labute approximate surface area is 88.1 Å². The first kappa shape index (κ1) is 9.86. The van der Waals surface area contributed by atoms with Crippen LogP contribution in [0.3, 0.4) is 0 Å². The van der Waals surface area contributed by atoms with E-state index in [1.807, 2.05) is 0 Å². The van der Waals surface area contributed by atoms with Gasteiger partial charge in [-0.2, -0.15) is 0 Å². The van der Waals surface area contributed by atoms with Crippen LogP contribution in [-0.4, -0.2) is 28.8 Å². The minimum atomic E-state index is 0.434. The normalized spacial score (nSPS) is 24.5. The highest BCUT2D eigenvalue weighted by Crippen LogP contribution is 2.15. The molecule has 0 aromatic carbocycles. The molecule has 0 spiro atoms. The molecule has 1 aromatic heterocycles. The third-order valence-electron chi connectivity index (χ3n) is 2.66. The highest BCUT2D eigenvalue weighted by Gasteiger charge is 2.19. The van der Waals surface area contributed by atoms with Crippen molar-refractivity contribution in [2.45, 2.75) is 38.3 Å². The fourth-order valence-electron chi connectivity index (χ4n) is 1.84. The zero-order valence-electron chi connectivity index (χ0n) is 8.36. The molecule has 1 aliphatic rings. The lowest BCUT2D eigenvalue weighted by atomic mass is 9.99. The lowest BCUT2D eigenvalue weighted by Crippen LogP contribution is -2.45. The van der Waals surface area contributed by atoms with E-state index in [4.69, 9.17) is 0 Å². The van der Waals surface area contributed by atoms with E-state index in [0.717, 1.165) is 11.7 Å². The molecule has 1 fully saturated rings. The summed E-state index contributed by atoms with van der Waals surface area (Å²) >= 11 is 1.55. The van der Waals surface area contributed by atoms with Gasteiger partial charge in [0.25, 0.3) is 0 Å². The molecule has 1 saturated heterocycles. The van der Waals surface area contributed by atoms with Gasteiger partial charge in [0.15, 0.2) is 0 Å². The van der Waals surface area contributed by atoms with Crippen LogP contribution >= 0.6 is 11.3 Å². The van der Waals surface area contributed by atoms with Crippen LogP contribution in [0.2, 0.25) is 0 Å². The summed E-state index contributed by atoms with van der Waals surface area (Å²) in [6.07, 6.45) is 3.90. The third-order valence-corrected chi connectivity index (χ3v) is 3.29. The average molecular weight is 212 g/mol. The van der Waals surface area contributed by atoms with Crippen LogP contribution < -0.4 is 10.6 Å². The topological polar surface area (TPSA) is 49.8 Å². The van der Waals surface area contributed by atoms with Gasteiger partial charge in [-0.05, 0) is 26.3 Å². The molecule has 0 amide bonds. The Morgan fingerprint density at radius 1 is 1.64 bits per heavy atom. The van der Waals surface area contributed by atoms with E-state index in [2.05, 4.69) is 27.8 Å². The molecule has 1 aliphatic heterocycles. The summed E-state index contributed by atoms with van der Waals surface area (Å²) in [6, 6.07) is 1.01. The first-order valence-electron chi connectivity index (χ1n) is 5.12. The Hall–Kier alpha value is -0.680. The predicted octanol–water partition coefficient (Wildman–Crippen LogP) is 1.48. The summed E-state index contributed by atoms with van der Waals surface area (Å²) in [7, 11) is 0. The van der Waals surface area contributed by atoms with Crippen LogP contribution in [0.15, 0.2) is 5.51 Å². The molecule has 78 valence electrons. The maximum Gasteiger partial charge on any atom is 0.205 e. The van der Waals surface area contributed by atoms with Crippen LogP contribution in [0, 0.1) is 0 Å². The van der Waals surface area contributed by atoms with E-state index < -0.39 is 0 Å². The minimum Gasteiger partial charge on any atom is -0.356 e. The largest absolute Gasteiger partial charge is 0.356 e. The molecule has 4 nitrogen and oxygen atoms in total. The number of piperidine rings is 1. The van der Waals surface area contributed by atoms with Gasteiger partial charge < -0.3 is 10.6 Å². The number of hydrogen-bond acceptors (Lipinski definition) is 5. The standard InChI is InChI=1S/C9H16N4S/c1-7(8-4-2-3-5-10-8)12-9-13-11-6-14-9/h6-8,10H,2-5H2,1H3,(H,12,13). The summed E-state index contributed by atoms with van der Waals surface area (Å²) in [4.78, 5) is 0. The van der Waals surface area contributed by atoms with Gasteiger partial charge in [0.05, 0.1) is 0 Å². The van der Waals surface area contributed by atoms with E-state index in [1.54, 1.807) is 16.8 Å². The monoisotopic (exact) mass is 212 g/mol.